The predicted molar refractivity (Wildman–Crippen MR) is 81.3 cm³/mol. The molecule has 6 nitrogen and oxygen atoms in total. The van der Waals surface area contributed by atoms with Crippen LogP contribution in [0.3, 0.4) is 0 Å². The van der Waals surface area contributed by atoms with Crippen LogP contribution >= 0.6 is 11.6 Å². The molecule has 1 saturated heterocycles. The van der Waals surface area contributed by atoms with Gasteiger partial charge in [-0.1, -0.05) is 0 Å². The highest BCUT2D eigenvalue weighted by Crippen LogP contribution is 2.26. The lowest BCUT2D eigenvalue weighted by Crippen LogP contribution is -2.34. The van der Waals surface area contributed by atoms with Crippen molar-refractivity contribution in [3.05, 3.63) is 11.5 Å². The molecule has 2 aromatic heterocycles. The number of hydrogen-bond donors (Lipinski definition) is 0. The first-order chi connectivity index (χ1) is 10.0. The maximum absolute atomic E-state index is 12.7. The Kier molecular flexibility index (Phi) is 3.65. The fourth-order valence-electron chi connectivity index (χ4n) is 3.15. The van der Waals surface area contributed by atoms with Gasteiger partial charge in [0.05, 0.1) is 11.6 Å². The Morgan fingerprint density at radius 1 is 1.38 bits per heavy atom. The van der Waals surface area contributed by atoms with Crippen molar-refractivity contribution in [3.63, 3.8) is 0 Å². The molecule has 0 saturated carbocycles. The Balaban J connectivity index is 2.07. The number of carbonyl (C=O) groups excluding carboxylic acids is 1. The van der Waals surface area contributed by atoms with E-state index in [0.29, 0.717) is 0 Å². The maximum atomic E-state index is 12.7. The Hall–Kier alpha value is -1.56. The number of rotatable bonds is 3. The van der Waals surface area contributed by atoms with Gasteiger partial charge in [0.1, 0.15) is 17.4 Å². The van der Waals surface area contributed by atoms with Crippen molar-refractivity contribution in [2.24, 2.45) is 7.05 Å². The number of alkyl halides is 1. The van der Waals surface area contributed by atoms with Gasteiger partial charge in [0, 0.05) is 20.1 Å². The zero-order valence-electron chi connectivity index (χ0n) is 12.6. The van der Waals surface area contributed by atoms with Gasteiger partial charge in [-0.3, -0.25) is 14.0 Å². The molecule has 7 heteroatoms. The lowest BCUT2D eigenvalue weighted by molar-refractivity contribution is -0.133. The lowest BCUT2D eigenvalue weighted by Gasteiger charge is -2.22. The number of aromatic nitrogens is 4. The third-order valence-electron chi connectivity index (χ3n) is 4.19. The lowest BCUT2D eigenvalue weighted by atomic mass is 10.2. The maximum Gasteiger partial charge on any atom is 0.245 e. The molecule has 2 aromatic rings. The van der Waals surface area contributed by atoms with E-state index in [1.807, 2.05) is 30.4 Å². The third kappa shape index (κ3) is 2.21. The summed E-state index contributed by atoms with van der Waals surface area (Å²) in [6, 6.07) is -0.309. The standard InChI is InChI=1S/C14H20ClN5O/c1-9-12-13(18(3)17-9)20(11(8-15)16-12)10(2)14(21)19-6-4-5-7-19/h10H,4-8H2,1-3H3. The van der Waals surface area contributed by atoms with E-state index in [0.717, 1.165) is 48.6 Å². The summed E-state index contributed by atoms with van der Waals surface area (Å²) in [5.41, 5.74) is 2.55. The molecule has 3 rings (SSSR count). The third-order valence-corrected chi connectivity index (χ3v) is 4.43. The summed E-state index contributed by atoms with van der Waals surface area (Å²) in [6.07, 6.45) is 2.18. The number of aryl methyl sites for hydroxylation is 2. The summed E-state index contributed by atoms with van der Waals surface area (Å²) in [6.45, 7) is 5.54. The van der Waals surface area contributed by atoms with Gasteiger partial charge in [-0.05, 0) is 26.7 Å². The zero-order valence-corrected chi connectivity index (χ0v) is 13.4. The molecule has 1 amide bonds. The first-order valence-electron chi connectivity index (χ1n) is 7.29. The smallest absolute Gasteiger partial charge is 0.245 e. The van der Waals surface area contributed by atoms with E-state index in [-0.39, 0.29) is 17.8 Å². The molecule has 1 atom stereocenters. The number of fused-ring (bicyclic) bond motifs is 1. The Bertz CT molecular complexity index is 683. The average molecular weight is 310 g/mol. The van der Waals surface area contributed by atoms with Crippen molar-refractivity contribution in [1.29, 1.82) is 0 Å². The largest absolute Gasteiger partial charge is 0.341 e. The average Bonchev–Trinajstić information content (AvgIpc) is 3.16. The molecule has 0 N–H and O–H groups in total. The minimum absolute atomic E-state index is 0.136. The second-order valence-corrected chi connectivity index (χ2v) is 5.89. The van der Waals surface area contributed by atoms with Crippen molar-refractivity contribution in [2.75, 3.05) is 13.1 Å². The van der Waals surface area contributed by atoms with E-state index < -0.39 is 0 Å². The van der Waals surface area contributed by atoms with Crippen LogP contribution < -0.4 is 0 Å². The summed E-state index contributed by atoms with van der Waals surface area (Å²) < 4.78 is 3.71. The molecule has 3 heterocycles. The number of halogens is 1. The Labute approximate surface area is 128 Å². The molecule has 114 valence electrons. The summed E-state index contributed by atoms with van der Waals surface area (Å²) in [5, 5.41) is 4.39. The van der Waals surface area contributed by atoms with Crippen LogP contribution in [0.15, 0.2) is 0 Å². The number of amides is 1. The van der Waals surface area contributed by atoms with Crippen LogP contribution in [0.5, 0.6) is 0 Å². The van der Waals surface area contributed by atoms with Crippen molar-refractivity contribution in [3.8, 4) is 0 Å². The van der Waals surface area contributed by atoms with Gasteiger partial charge in [0.25, 0.3) is 0 Å². The van der Waals surface area contributed by atoms with Gasteiger partial charge >= 0.3 is 0 Å². The quantitative estimate of drug-likeness (QED) is 0.815. The van der Waals surface area contributed by atoms with Gasteiger partial charge in [0.2, 0.25) is 5.91 Å². The van der Waals surface area contributed by atoms with Crippen molar-refractivity contribution in [2.45, 2.75) is 38.6 Å². The number of nitrogens with zero attached hydrogens (tertiary/aromatic N) is 5. The van der Waals surface area contributed by atoms with Gasteiger partial charge in [-0.2, -0.15) is 5.10 Å². The van der Waals surface area contributed by atoms with E-state index in [1.165, 1.54) is 0 Å². The van der Waals surface area contributed by atoms with Crippen molar-refractivity contribution in [1.82, 2.24) is 24.2 Å². The molecule has 1 fully saturated rings. The zero-order chi connectivity index (χ0) is 15.1. The van der Waals surface area contributed by atoms with Crippen molar-refractivity contribution < 1.29 is 4.79 Å². The second kappa shape index (κ2) is 5.33. The Morgan fingerprint density at radius 3 is 2.67 bits per heavy atom. The highest BCUT2D eigenvalue weighted by molar-refractivity contribution is 6.16. The van der Waals surface area contributed by atoms with Crippen LogP contribution in [0.2, 0.25) is 0 Å². The van der Waals surface area contributed by atoms with E-state index in [9.17, 15) is 4.79 Å². The first kappa shape index (κ1) is 14.4. The fourth-order valence-corrected chi connectivity index (χ4v) is 3.34. The van der Waals surface area contributed by atoms with E-state index in [2.05, 4.69) is 10.1 Å². The highest BCUT2D eigenvalue weighted by atomic mass is 35.5. The normalized spacial score (nSPS) is 16.9. The molecule has 0 bridgehead atoms. The van der Waals surface area contributed by atoms with E-state index in [1.54, 1.807) is 4.68 Å². The van der Waals surface area contributed by atoms with Gasteiger partial charge < -0.3 is 4.90 Å². The second-order valence-electron chi connectivity index (χ2n) is 5.62. The molecule has 0 aliphatic carbocycles. The number of carbonyl (C=O) groups is 1. The molecular weight excluding hydrogens is 290 g/mol. The Morgan fingerprint density at radius 2 is 2.05 bits per heavy atom. The van der Waals surface area contributed by atoms with Crippen LogP contribution in [0, 0.1) is 6.92 Å². The first-order valence-corrected chi connectivity index (χ1v) is 7.83. The highest BCUT2D eigenvalue weighted by Gasteiger charge is 2.29. The van der Waals surface area contributed by atoms with Crippen LogP contribution in [0.25, 0.3) is 11.2 Å². The molecular formula is C14H20ClN5O. The molecule has 1 aliphatic heterocycles. The van der Waals surface area contributed by atoms with Crippen LogP contribution in [0.1, 0.15) is 37.3 Å². The molecule has 21 heavy (non-hydrogen) atoms. The van der Waals surface area contributed by atoms with Crippen LogP contribution in [0.4, 0.5) is 0 Å². The summed E-state index contributed by atoms with van der Waals surface area (Å²) in [7, 11) is 1.87. The predicted octanol–water partition coefficient (Wildman–Crippen LogP) is 2.00. The molecule has 1 aliphatic rings. The molecule has 1 unspecified atom stereocenters. The van der Waals surface area contributed by atoms with Gasteiger partial charge in [-0.25, -0.2) is 4.98 Å². The fraction of sp³-hybridized carbons (Fsp3) is 0.643. The minimum Gasteiger partial charge on any atom is -0.341 e. The number of imidazole rings is 1. The molecule has 0 aromatic carbocycles. The number of likely N-dealkylation sites (tertiary alicyclic amines) is 1. The topological polar surface area (TPSA) is 56.0 Å². The molecule has 0 spiro atoms. The van der Waals surface area contributed by atoms with Gasteiger partial charge in [-0.15, -0.1) is 11.6 Å². The van der Waals surface area contributed by atoms with Gasteiger partial charge in [0.15, 0.2) is 5.65 Å². The SMILES string of the molecule is Cc1nn(C)c2c1nc(CCl)n2C(C)C(=O)N1CCCC1. The molecule has 0 radical (unpaired) electrons. The van der Waals surface area contributed by atoms with E-state index >= 15 is 0 Å². The van der Waals surface area contributed by atoms with Crippen LogP contribution in [-0.2, 0) is 17.7 Å². The minimum atomic E-state index is -0.309. The summed E-state index contributed by atoms with van der Waals surface area (Å²) in [4.78, 5) is 19.2. The van der Waals surface area contributed by atoms with Crippen LogP contribution in [-0.4, -0.2) is 43.2 Å². The summed E-state index contributed by atoms with van der Waals surface area (Å²) >= 11 is 6.04. The monoisotopic (exact) mass is 309 g/mol. The number of hydrogen-bond acceptors (Lipinski definition) is 3. The summed E-state index contributed by atoms with van der Waals surface area (Å²) in [5.74, 6) is 1.14. The van der Waals surface area contributed by atoms with Crippen molar-refractivity contribution >= 4 is 28.7 Å². The van der Waals surface area contributed by atoms with E-state index in [4.69, 9.17) is 11.6 Å².